The lowest BCUT2D eigenvalue weighted by molar-refractivity contribution is 0.0836. The van der Waals surface area contributed by atoms with Crippen LogP contribution in [0.25, 0.3) is 0 Å². The molecule has 0 spiro atoms. The molecule has 3 unspecified atom stereocenters. The molecule has 3 atom stereocenters. The fourth-order valence-corrected chi connectivity index (χ4v) is 4.28. The van der Waals surface area contributed by atoms with Crippen LogP contribution in [0, 0.1) is 0 Å². The molecule has 1 saturated heterocycles. The Kier molecular flexibility index (Phi) is 4.73. The Hall–Kier alpha value is -1.16. The van der Waals surface area contributed by atoms with Crippen molar-refractivity contribution in [3.8, 4) is 0 Å². The lowest BCUT2D eigenvalue weighted by Gasteiger charge is -2.43. The fourth-order valence-electron chi connectivity index (χ4n) is 3.35. The van der Waals surface area contributed by atoms with Crippen LogP contribution in [-0.4, -0.2) is 24.0 Å². The van der Waals surface area contributed by atoms with E-state index in [-0.39, 0.29) is 0 Å². The average molecular weight is 300 g/mol. The van der Waals surface area contributed by atoms with Crippen molar-refractivity contribution in [2.45, 2.75) is 38.4 Å². The van der Waals surface area contributed by atoms with Gasteiger partial charge in [-0.15, -0.1) is 11.3 Å². The maximum absolute atomic E-state index is 3.65. The van der Waals surface area contributed by atoms with Crippen molar-refractivity contribution < 1.29 is 0 Å². The van der Waals surface area contributed by atoms with Gasteiger partial charge in [0.2, 0.25) is 0 Å². The average Bonchev–Trinajstić information content (AvgIpc) is 3.03. The maximum Gasteiger partial charge on any atom is 0.0479 e. The van der Waals surface area contributed by atoms with E-state index in [1.54, 1.807) is 0 Å². The highest BCUT2D eigenvalue weighted by atomic mass is 32.1. The van der Waals surface area contributed by atoms with Crippen LogP contribution in [0.1, 0.15) is 42.8 Å². The fraction of sp³-hybridized carbons (Fsp3) is 0.444. The van der Waals surface area contributed by atoms with Crippen LogP contribution >= 0.6 is 11.3 Å². The predicted molar refractivity (Wildman–Crippen MR) is 90.7 cm³/mol. The summed E-state index contributed by atoms with van der Waals surface area (Å²) in [6.45, 7) is 6.73. The van der Waals surface area contributed by atoms with Crippen molar-refractivity contribution >= 4 is 11.3 Å². The summed E-state index contributed by atoms with van der Waals surface area (Å²) in [7, 11) is 0. The SMILES string of the molecule is CCC(c1cccs1)N1CC(C)NCC1c1ccccc1. The third-order valence-corrected chi connectivity index (χ3v) is 5.36. The van der Waals surface area contributed by atoms with Crippen molar-refractivity contribution in [1.29, 1.82) is 0 Å². The van der Waals surface area contributed by atoms with Gasteiger partial charge in [0.15, 0.2) is 0 Å². The molecule has 3 rings (SSSR count). The molecule has 1 aromatic carbocycles. The molecule has 2 aromatic rings. The second kappa shape index (κ2) is 6.73. The number of benzene rings is 1. The lowest BCUT2D eigenvalue weighted by atomic mass is 9.97. The van der Waals surface area contributed by atoms with Crippen LogP contribution in [0.15, 0.2) is 47.8 Å². The summed E-state index contributed by atoms with van der Waals surface area (Å²) >= 11 is 1.89. The van der Waals surface area contributed by atoms with E-state index in [0.717, 1.165) is 19.5 Å². The van der Waals surface area contributed by atoms with Crippen LogP contribution in [0.3, 0.4) is 0 Å². The normalized spacial score (nSPS) is 24.9. The Morgan fingerprint density at radius 2 is 2.05 bits per heavy atom. The monoisotopic (exact) mass is 300 g/mol. The summed E-state index contributed by atoms with van der Waals surface area (Å²) in [4.78, 5) is 4.19. The molecule has 1 aromatic heterocycles. The van der Waals surface area contributed by atoms with Gasteiger partial charge in [0.05, 0.1) is 0 Å². The quantitative estimate of drug-likeness (QED) is 0.909. The van der Waals surface area contributed by atoms with E-state index in [4.69, 9.17) is 0 Å². The maximum atomic E-state index is 3.65. The number of thiophene rings is 1. The second-order valence-corrected chi connectivity index (χ2v) is 6.85. The molecule has 0 radical (unpaired) electrons. The first kappa shape index (κ1) is 14.8. The molecule has 1 aliphatic heterocycles. The molecule has 1 fully saturated rings. The number of nitrogens with zero attached hydrogens (tertiary/aromatic N) is 1. The van der Waals surface area contributed by atoms with E-state index in [1.807, 2.05) is 11.3 Å². The molecular weight excluding hydrogens is 276 g/mol. The highest BCUT2D eigenvalue weighted by Gasteiger charge is 2.32. The van der Waals surface area contributed by atoms with E-state index >= 15 is 0 Å². The molecule has 0 bridgehead atoms. The number of nitrogens with one attached hydrogen (secondary N) is 1. The summed E-state index contributed by atoms with van der Waals surface area (Å²) in [6.07, 6.45) is 1.16. The number of hydrogen-bond donors (Lipinski definition) is 1. The summed E-state index contributed by atoms with van der Waals surface area (Å²) in [5.74, 6) is 0. The van der Waals surface area contributed by atoms with Gasteiger partial charge in [-0.1, -0.05) is 43.3 Å². The third kappa shape index (κ3) is 3.20. The first-order valence-electron chi connectivity index (χ1n) is 7.87. The first-order valence-corrected chi connectivity index (χ1v) is 8.75. The van der Waals surface area contributed by atoms with Gasteiger partial charge in [0, 0.05) is 36.1 Å². The van der Waals surface area contributed by atoms with Gasteiger partial charge in [-0.25, -0.2) is 0 Å². The van der Waals surface area contributed by atoms with Crippen molar-refractivity contribution in [2.24, 2.45) is 0 Å². The summed E-state index contributed by atoms with van der Waals surface area (Å²) in [6, 6.07) is 16.9. The first-order chi connectivity index (χ1) is 10.3. The molecule has 0 saturated carbocycles. The minimum atomic E-state index is 0.467. The molecule has 112 valence electrons. The molecule has 2 nitrogen and oxygen atoms in total. The Bertz CT molecular complexity index is 538. The van der Waals surface area contributed by atoms with Crippen molar-refractivity contribution in [3.63, 3.8) is 0 Å². The van der Waals surface area contributed by atoms with Gasteiger partial charge in [-0.05, 0) is 30.4 Å². The zero-order valence-electron chi connectivity index (χ0n) is 12.8. The standard InChI is InChI=1S/C18H24N2S/c1-3-16(18-10-7-11-21-18)20-13-14(2)19-12-17(20)15-8-5-4-6-9-15/h4-11,14,16-17,19H,3,12-13H2,1-2H3. The van der Waals surface area contributed by atoms with E-state index in [1.165, 1.54) is 10.4 Å². The van der Waals surface area contributed by atoms with E-state index in [2.05, 4.69) is 71.9 Å². The summed E-state index contributed by atoms with van der Waals surface area (Å²) < 4.78 is 0. The molecule has 3 heteroatoms. The highest BCUT2D eigenvalue weighted by Crippen LogP contribution is 2.36. The largest absolute Gasteiger partial charge is 0.311 e. The van der Waals surface area contributed by atoms with Crippen LogP contribution in [-0.2, 0) is 0 Å². The van der Waals surface area contributed by atoms with Crippen LogP contribution in [0.2, 0.25) is 0 Å². The van der Waals surface area contributed by atoms with Gasteiger partial charge in [0.25, 0.3) is 0 Å². The molecule has 2 heterocycles. The number of rotatable bonds is 4. The highest BCUT2D eigenvalue weighted by molar-refractivity contribution is 7.10. The van der Waals surface area contributed by atoms with Crippen molar-refractivity contribution in [2.75, 3.05) is 13.1 Å². The smallest absolute Gasteiger partial charge is 0.0479 e. The predicted octanol–water partition coefficient (Wildman–Crippen LogP) is 4.23. The summed E-state index contributed by atoms with van der Waals surface area (Å²) in [5.41, 5.74) is 1.42. The van der Waals surface area contributed by atoms with Gasteiger partial charge in [-0.2, -0.15) is 0 Å². The topological polar surface area (TPSA) is 15.3 Å². The Labute approximate surface area is 131 Å². The summed E-state index contributed by atoms with van der Waals surface area (Å²) in [5, 5.41) is 5.84. The molecule has 21 heavy (non-hydrogen) atoms. The molecule has 0 amide bonds. The van der Waals surface area contributed by atoms with E-state index < -0.39 is 0 Å². The molecule has 1 aliphatic rings. The minimum absolute atomic E-state index is 0.467. The van der Waals surface area contributed by atoms with E-state index in [0.29, 0.717) is 18.1 Å². The van der Waals surface area contributed by atoms with Crippen molar-refractivity contribution in [1.82, 2.24) is 10.2 Å². The second-order valence-electron chi connectivity index (χ2n) is 5.87. The van der Waals surface area contributed by atoms with Gasteiger partial charge in [-0.3, -0.25) is 4.90 Å². The number of hydrogen-bond acceptors (Lipinski definition) is 3. The van der Waals surface area contributed by atoms with Crippen LogP contribution in [0.5, 0.6) is 0 Å². The Morgan fingerprint density at radius 1 is 1.24 bits per heavy atom. The van der Waals surface area contributed by atoms with Gasteiger partial charge < -0.3 is 5.32 Å². The molecular formula is C18H24N2S. The van der Waals surface area contributed by atoms with E-state index in [9.17, 15) is 0 Å². The van der Waals surface area contributed by atoms with Gasteiger partial charge >= 0.3 is 0 Å². The Morgan fingerprint density at radius 3 is 2.71 bits per heavy atom. The zero-order valence-corrected chi connectivity index (χ0v) is 13.6. The third-order valence-electron chi connectivity index (χ3n) is 4.39. The van der Waals surface area contributed by atoms with Gasteiger partial charge in [0.1, 0.15) is 0 Å². The number of piperazine rings is 1. The minimum Gasteiger partial charge on any atom is -0.311 e. The Balaban J connectivity index is 1.91. The van der Waals surface area contributed by atoms with Crippen molar-refractivity contribution in [3.05, 3.63) is 58.3 Å². The zero-order chi connectivity index (χ0) is 14.7. The van der Waals surface area contributed by atoms with Crippen LogP contribution < -0.4 is 5.32 Å². The molecule has 0 aliphatic carbocycles. The lowest BCUT2D eigenvalue weighted by Crippen LogP contribution is -2.51. The van der Waals surface area contributed by atoms with Crippen LogP contribution in [0.4, 0.5) is 0 Å². The molecule has 1 N–H and O–H groups in total.